The number of rotatable bonds is 4. The average molecular weight is 270 g/mol. The van der Waals surface area contributed by atoms with Crippen molar-refractivity contribution in [1.29, 1.82) is 0 Å². The fraction of sp³-hybridized carbons (Fsp3) is 0.250. The molecule has 0 spiro atoms. The van der Waals surface area contributed by atoms with Gasteiger partial charge in [-0.05, 0) is 43.2 Å². The van der Waals surface area contributed by atoms with Gasteiger partial charge < -0.3 is 10.5 Å². The second-order valence-electron chi connectivity index (χ2n) is 4.77. The van der Waals surface area contributed by atoms with E-state index in [-0.39, 0.29) is 18.5 Å². The van der Waals surface area contributed by atoms with E-state index in [0.29, 0.717) is 5.69 Å². The van der Waals surface area contributed by atoms with Gasteiger partial charge in [0.05, 0.1) is 11.6 Å². The van der Waals surface area contributed by atoms with E-state index in [1.165, 1.54) is 0 Å². The maximum atomic E-state index is 12.0. The molecule has 104 valence electrons. The number of carbonyl (C=O) groups excluding carboxylic acids is 1. The molecule has 0 saturated carbocycles. The van der Waals surface area contributed by atoms with Crippen LogP contribution in [0.1, 0.15) is 29.7 Å². The van der Waals surface area contributed by atoms with Gasteiger partial charge in [-0.1, -0.05) is 18.2 Å². The summed E-state index contributed by atoms with van der Waals surface area (Å²) in [5, 5.41) is 0. The van der Waals surface area contributed by atoms with Gasteiger partial charge in [-0.15, -0.1) is 0 Å². The highest BCUT2D eigenvalue weighted by atomic mass is 16.5. The van der Waals surface area contributed by atoms with Gasteiger partial charge >= 0.3 is 5.97 Å². The summed E-state index contributed by atoms with van der Waals surface area (Å²) in [5.74, 6) is -0.622. The number of nitrogens with zero attached hydrogens (tertiary/aromatic N) is 1. The topological polar surface area (TPSA) is 65.2 Å². The third-order valence-electron chi connectivity index (χ3n) is 3.23. The Morgan fingerprint density at radius 3 is 2.85 bits per heavy atom. The van der Waals surface area contributed by atoms with Crippen molar-refractivity contribution in [1.82, 2.24) is 4.98 Å². The third-order valence-corrected chi connectivity index (χ3v) is 3.23. The number of nitrogens with two attached hydrogens (primary N) is 1. The molecular formula is C16H18N2O2. The van der Waals surface area contributed by atoms with E-state index >= 15 is 0 Å². The van der Waals surface area contributed by atoms with Crippen molar-refractivity contribution in [2.45, 2.75) is 26.4 Å². The van der Waals surface area contributed by atoms with Crippen LogP contribution in [0.5, 0.6) is 0 Å². The summed E-state index contributed by atoms with van der Waals surface area (Å²) < 4.78 is 5.32. The molecule has 2 rings (SSSR count). The zero-order valence-electron chi connectivity index (χ0n) is 11.7. The summed E-state index contributed by atoms with van der Waals surface area (Å²) in [5.41, 5.74) is 9.00. The Hall–Kier alpha value is -2.36. The Morgan fingerprint density at radius 2 is 2.15 bits per heavy atom. The van der Waals surface area contributed by atoms with Crippen LogP contribution in [0.15, 0.2) is 42.6 Å². The molecule has 0 amide bonds. The zero-order chi connectivity index (χ0) is 14.5. The molecule has 2 N–H and O–H groups in total. The Labute approximate surface area is 118 Å². The third kappa shape index (κ3) is 3.35. The van der Waals surface area contributed by atoms with Crippen LogP contribution in [0, 0.1) is 6.92 Å². The van der Waals surface area contributed by atoms with E-state index in [2.05, 4.69) is 4.98 Å². The summed E-state index contributed by atoms with van der Waals surface area (Å²) >= 11 is 0. The highest BCUT2D eigenvalue weighted by Gasteiger charge is 2.17. The first kappa shape index (κ1) is 14.1. The molecule has 1 heterocycles. The van der Waals surface area contributed by atoms with Crippen LogP contribution in [-0.4, -0.2) is 11.0 Å². The van der Waals surface area contributed by atoms with E-state index in [0.717, 1.165) is 16.8 Å². The van der Waals surface area contributed by atoms with Gasteiger partial charge in [0, 0.05) is 11.9 Å². The summed E-state index contributed by atoms with van der Waals surface area (Å²) in [6.07, 6.45) is 1.69. The minimum atomic E-state index is -0.345. The van der Waals surface area contributed by atoms with Crippen LogP contribution in [0.4, 0.5) is 5.69 Å². The first-order valence-corrected chi connectivity index (χ1v) is 6.50. The smallest absolute Gasteiger partial charge is 0.313 e. The van der Waals surface area contributed by atoms with E-state index in [4.69, 9.17) is 10.5 Å². The normalized spacial score (nSPS) is 11.9. The number of aromatic nitrogens is 1. The van der Waals surface area contributed by atoms with Crippen molar-refractivity contribution in [2.75, 3.05) is 5.73 Å². The predicted molar refractivity (Wildman–Crippen MR) is 78.0 cm³/mol. The first-order valence-electron chi connectivity index (χ1n) is 6.50. The molecule has 2 aromatic rings. The second kappa shape index (κ2) is 6.19. The van der Waals surface area contributed by atoms with Crippen molar-refractivity contribution in [3.8, 4) is 0 Å². The molecule has 0 aliphatic carbocycles. The van der Waals surface area contributed by atoms with E-state index in [1.54, 1.807) is 18.3 Å². The molecule has 1 aromatic carbocycles. The molecular weight excluding hydrogens is 252 g/mol. The molecule has 1 atom stereocenters. The minimum absolute atomic E-state index is 0.193. The van der Waals surface area contributed by atoms with Gasteiger partial charge in [-0.25, -0.2) is 0 Å². The van der Waals surface area contributed by atoms with Crippen LogP contribution in [0.25, 0.3) is 0 Å². The van der Waals surface area contributed by atoms with E-state index < -0.39 is 0 Å². The Morgan fingerprint density at radius 1 is 1.35 bits per heavy atom. The maximum Gasteiger partial charge on any atom is 0.313 e. The summed E-state index contributed by atoms with van der Waals surface area (Å²) in [6.45, 7) is 3.94. The van der Waals surface area contributed by atoms with E-state index in [9.17, 15) is 4.79 Å². The van der Waals surface area contributed by atoms with Crippen molar-refractivity contribution in [3.63, 3.8) is 0 Å². The van der Waals surface area contributed by atoms with Gasteiger partial charge in [0.15, 0.2) is 0 Å². The standard InChI is InChI=1S/C16H18N2O2/c1-11-5-4-8-18-15(11)10-20-16(19)12(2)13-6-3-7-14(17)9-13/h3-9,12H,10,17H2,1-2H3. The monoisotopic (exact) mass is 270 g/mol. The highest BCUT2D eigenvalue weighted by Crippen LogP contribution is 2.19. The molecule has 0 radical (unpaired) electrons. The van der Waals surface area contributed by atoms with Gasteiger partial charge in [0.1, 0.15) is 6.61 Å². The van der Waals surface area contributed by atoms with Crippen LogP contribution >= 0.6 is 0 Å². The number of nitrogen functional groups attached to an aromatic ring is 1. The number of carbonyl (C=O) groups is 1. The minimum Gasteiger partial charge on any atom is -0.459 e. The number of anilines is 1. The molecule has 0 saturated heterocycles. The van der Waals surface area contributed by atoms with Gasteiger partial charge in [0.2, 0.25) is 0 Å². The molecule has 0 aliphatic heterocycles. The van der Waals surface area contributed by atoms with Crippen LogP contribution in [-0.2, 0) is 16.1 Å². The number of ether oxygens (including phenoxy) is 1. The Balaban J connectivity index is 2.00. The zero-order valence-corrected chi connectivity index (χ0v) is 11.7. The molecule has 4 nitrogen and oxygen atoms in total. The number of aryl methyl sites for hydroxylation is 1. The molecule has 4 heteroatoms. The molecule has 0 fully saturated rings. The fourth-order valence-electron chi connectivity index (χ4n) is 1.90. The van der Waals surface area contributed by atoms with Gasteiger partial charge in [-0.3, -0.25) is 9.78 Å². The fourth-order valence-corrected chi connectivity index (χ4v) is 1.90. The lowest BCUT2D eigenvalue weighted by atomic mass is 10.0. The van der Waals surface area contributed by atoms with Crippen molar-refractivity contribution >= 4 is 11.7 Å². The Kier molecular flexibility index (Phi) is 4.35. The number of pyridine rings is 1. The maximum absolute atomic E-state index is 12.0. The van der Waals surface area contributed by atoms with Gasteiger partial charge in [0.25, 0.3) is 0 Å². The number of benzene rings is 1. The lowest BCUT2D eigenvalue weighted by Crippen LogP contribution is -2.14. The summed E-state index contributed by atoms with van der Waals surface area (Å²) in [7, 11) is 0. The van der Waals surface area contributed by atoms with Crippen LogP contribution in [0.3, 0.4) is 0 Å². The van der Waals surface area contributed by atoms with Crippen LogP contribution < -0.4 is 5.73 Å². The van der Waals surface area contributed by atoms with Crippen molar-refractivity contribution in [2.24, 2.45) is 0 Å². The quantitative estimate of drug-likeness (QED) is 0.685. The van der Waals surface area contributed by atoms with Crippen molar-refractivity contribution in [3.05, 3.63) is 59.4 Å². The number of esters is 1. The van der Waals surface area contributed by atoms with Crippen molar-refractivity contribution < 1.29 is 9.53 Å². The van der Waals surface area contributed by atoms with E-state index in [1.807, 2.05) is 38.1 Å². The lowest BCUT2D eigenvalue weighted by Gasteiger charge is -2.12. The molecule has 1 unspecified atom stereocenters. The summed E-state index contributed by atoms with van der Waals surface area (Å²) in [6, 6.07) is 11.1. The van der Waals surface area contributed by atoms with Crippen LogP contribution in [0.2, 0.25) is 0 Å². The molecule has 1 aromatic heterocycles. The summed E-state index contributed by atoms with van der Waals surface area (Å²) in [4.78, 5) is 16.2. The average Bonchev–Trinajstić information content (AvgIpc) is 2.45. The predicted octanol–water partition coefficient (Wildman–Crippen LogP) is 2.82. The number of hydrogen-bond acceptors (Lipinski definition) is 4. The largest absolute Gasteiger partial charge is 0.459 e. The molecule has 20 heavy (non-hydrogen) atoms. The van der Waals surface area contributed by atoms with Gasteiger partial charge in [-0.2, -0.15) is 0 Å². The highest BCUT2D eigenvalue weighted by molar-refractivity contribution is 5.78. The SMILES string of the molecule is Cc1cccnc1COC(=O)C(C)c1cccc(N)c1. The molecule has 0 bridgehead atoms. The Bertz CT molecular complexity index is 611. The lowest BCUT2D eigenvalue weighted by molar-refractivity contribution is -0.146. The number of hydrogen-bond donors (Lipinski definition) is 1. The first-order chi connectivity index (χ1) is 9.58. The second-order valence-corrected chi connectivity index (χ2v) is 4.77. The molecule has 0 aliphatic rings.